The van der Waals surface area contributed by atoms with E-state index in [1.165, 1.54) is 5.56 Å². The van der Waals surface area contributed by atoms with E-state index in [2.05, 4.69) is 16.0 Å². The van der Waals surface area contributed by atoms with E-state index in [0.717, 1.165) is 49.5 Å². The number of benzene rings is 2. The maximum atomic E-state index is 11.6. The standard InChI is InChI=1S/C23H25ClN2O3S/c24-20-7-6-19(23(28)29)21-17(12-25-22(20)21)14-30-10-9-26-8-2-4-16(13-26)15-3-1-5-18(27)11-15/h1,3,5-7,11-12,16,25,27H,2,4,8-10,13-14H2,(H,28,29). The van der Waals surface area contributed by atoms with E-state index in [0.29, 0.717) is 27.6 Å². The highest BCUT2D eigenvalue weighted by Gasteiger charge is 2.21. The Labute approximate surface area is 185 Å². The number of carboxylic acids is 1. The number of hydrogen-bond donors (Lipinski definition) is 3. The van der Waals surface area contributed by atoms with Gasteiger partial charge in [-0.3, -0.25) is 0 Å². The van der Waals surface area contributed by atoms with E-state index in [4.69, 9.17) is 11.6 Å². The molecule has 1 unspecified atom stereocenters. The Balaban J connectivity index is 1.34. The van der Waals surface area contributed by atoms with E-state index >= 15 is 0 Å². The van der Waals surface area contributed by atoms with Crippen LogP contribution in [0.25, 0.3) is 10.9 Å². The molecular weight excluding hydrogens is 420 g/mol. The predicted octanol–water partition coefficient (Wildman–Crippen LogP) is 5.34. The first-order valence-electron chi connectivity index (χ1n) is 10.1. The van der Waals surface area contributed by atoms with Gasteiger partial charge in [0.1, 0.15) is 5.75 Å². The second kappa shape index (κ2) is 9.33. The van der Waals surface area contributed by atoms with Gasteiger partial charge in [-0.15, -0.1) is 0 Å². The van der Waals surface area contributed by atoms with Crippen LogP contribution in [0.5, 0.6) is 5.75 Å². The fraction of sp³-hybridized carbons (Fsp3) is 0.348. The molecule has 1 fully saturated rings. The molecule has 0 radical (unpaired) electrons. The van der Waals surface area contributed by atoms with Gasteiger partial charge in [-0.25, -0.2) is 4.79 Å². The van der Waals surface area contributed by atoms with Crippen molar-refractivity contribution in [3.05, 3.63) is 64.3 Å². The van der Waals surface area contributed by atoms with Crippen LogP contribution in [-0.2, 0) is 5.75 Å². The summed E-state index contributed by atoms with van der Waals surface area (Å²) in [6.45, 7) is 3.10. The molecule has 1 aliphatic heterocycles. The monoisotopic (exact) mass is 444 g/mol. The summed E-state index contributed by atoms with van der Waals surface area (Å²) < 4.78 is 0. The van der Waals surface area contributed by atoms with E-state index in [1.54, 1.807) is 18.2 Å². The lowest BCUT2D eigenvalue weighted by Gasteiger charge is -2.33. The Morgan fingerprint density at radius 1 is 1.30 bits per heavy atom. The number of rotatable bonds is 7. The second-order valence-corrected chi connectivity index (χ2v) is 9.26. The van der Waals surface area contributed by atoms with Crippen LogP contribution in [0.4, 0.5) is 0 Å². The minimum absolute atomic E-state index is 0.288. The zero-order valence-corrected chi connectivity index (χ0v) is 18.2. The minimum atomic E-state index is -0.936. The molecule has 0 aliphatic carbocycles. The summed E-state index contributed by atoms with van der Waals surface area (Å²) in [6, 6.07) is 10.8. The van der Waals surface area contributed by atoms with Gasteiger partial charge in [0.25, 0.3) is 0 Å². The first-order chi connectivity index (χ1) is 14.5. The zero-order chi connectivity index (χ0) is 21.1. The number of hydrogen-bond acceptors (Lipinski definition) is 4. The number of nitrogens with one attached hydrogen (secondary N) is 1. The van der Waals surface area contributed by atoms with Crippen LogP contribution in [0.1, 0.15) is 40.2 Å². The molecule has 158 valence electrons. The zero-order valence-electron chi connectivity index (χ0n) is 16.6. The van der Waals surface area contributed by atoms with Crippen molar-refractivity contribution in [3.8, 4) is 5.75 Å². The first-order valence-corrected chi connectivity index (χ1v) is 11.7. The number of carbonyl (C=O) groups is 1. The number of thioether (sulfide) groups is 1. The molecule has 0 spiro atoms. The molecule has 4 rings (SSSR count). The third kappa shape index (κ3) is 4.61. The van der Waals surface area contributed by atoms with Crippen LogP contribution >= 0.6 is 23.4 Å². The summed E-state index contributed by atoms with van der Waals surface area (Å²) in [5.41, 5.74) is 3.17. The van der Waals surface area contributed by atoms with Gasteiger partial charge >= 0.3 is 5.97 Å². The molecule has 2 aromatic carbocycles. The van der Waals surface area contributed by atoms with Crippen LogP contribution < -0.4 is 0 Å². The van der Waals surface area contributed by atoms with Crippen molar-refractivity contribution in [2.45, 2.75) is 24.5 Å². The Bertz CT molecular complexity index is 1050. The molecular formula is C23H25ClN2O3S. The van der Waals surface area contributed by atoms with Gasteiger partial charge in [-0.05, 0) is 60.7 Å². The Morgan fingerprint density at radius 3 is 2.97 bits per heavy atom. The highest BCUT2D eigenvalue weighted by molar-refractivity contribution is 7.98. The molecule has 1 saturated heterocycles. The number of phenolic OH excluding ortho intramolecular Hbond substituents is 1. The fourth-order valence-corrected chi connectivity index (χ4v) is 5.45. The SMILES string of the molecule is O=C(O)c1ccc(Cl)c2[nH]cc(CSCCN3CCCC(c4cccc(O)c4)C3)c12. The van der Waals surface area contributed by atoms with Crippen molar-refractivity contribution >= 4 is 40.2 Å². The number of fused-ring (bicyclic) bond motifs is 1. The number of H-pyrrole nitrogens is 1. The van der Waals surface area contributed by atoms with Crippen molar-refractivity contribution in [1.29, 1.82) is 0 Å². The van der Waals surface area contributed by atoms with Crippen molar-refractivity contribution < 1.29 is 15.0 Å². The third-order valence-electron chi connectivity index (χ3n) is 5.75. The lowest BCUT2D eigenvalue weighted by Crippen LogP contribution is -2.35. The highest BCUT2D eigenvalue weighted by Crippen LogP contribution is 2.32. The summed E-state index contributed by atoms with van der Waals surface area (Å²) in [4.78, 5) is 17.2. The summed E-state index contributed by atoms with van der Waals surface area (Å²) in [7, 11) is 0. The Morgan fingerprint density at radius 2 is 2.17 bits per heavy atom. The van der Waals surface area contributed by atoms with E-state index in [9.17, 15) is 15.0 Å². The van der Waals surface area contributed by atoms with Gasteiger partial charge < -0.3 is 20.1 Å². The van der Waals surface area contributed by atoms with E-state index in [-0.39, 0.29) is 5.56 Å². The molecule has 1 atom stereocenters. The number of likely N-dealkylation sites (tertiary alicyclic amines) is 1. The van der Waals surface area contributed by atoms with Crippen LogP contribution in [0.2, 0.25) is 5.02 Å². The van der Waals surface area contributed by atoms with Crippen LogP contribution in [0.3, 0.4) is 0 Å². The Hall–Kier alpha value is -2.15. The summed E-state index contributed by atoms with van der Waals surface area (Å²) >= 11 is 8.04. The quantitative estimate of drug-likeness (QED) is 0.429. The van der Waals surface area contributed by atoms with Crippen molar-refractivity contribution in [3.63, 3.8) is 0 Å². The normalized spacial score (nSPS) is 17.4. The predicted molar refractivity (Wildman–Crippen MR) is 123 cm³/mol. The number of piperidine rings is 1. The molecule has 2 heterocycles. The van der Waals surface area contributed by atoms with Gasteiger partial charge in [-0.1, -0.05) is 23.7 Å². The van der Waals surface area contributed by atoms with Gasteiger partial charge in [0.05, 0.1) is 16.1 Å². The number of aromatic amines is 1. The number of aromatic nitrogens is 1. The summed E-state index contributed by atoms with van der Waals surface area (Å²) in [5, 5.41) is 20.5. The van der Waals surface area contributed by atoms with Gasteiger partial charge in [0.2, 0.25) is 0 Å². The van der Waals surface area contributed by atoms with Crippen molar-refractivity contribution in [1.82, 2.24) is 9.88 Å². The average Bonchev–Trinajstić information content (AvgIpc) is 3.16. The number of aromatic hydroxyl groups is 1. The number of aromatic carboxylic acids is 1. The third-order valence-corrected chi connectivity index (χ3v) is 7.05. The number of carboxylic acid groups (broad SMARTS) is 1. The lowest BCUT2D eigenvalue weighted by atomic mass is 9.90. The molecule has 0 amide bonds. The molecule has 3 N–H and O–H groups in total. The number of halogens is 1. The largest absolute Gasteiger partial charge is 0.508 e. The van der Waals surface area contributed by atoms with Crippen LogP contribution in [0.15, 0.2) is 42.6 Å². The minimum Gasteiger partial charge on any atom is -0.508 e. The topological polar surface area (TPSA) is 76.6 Å². The summed E-state index contributed by atoms with van der Waals surface area (Å²) in [6.07, 6.45) is 4.18. The van der Waals surface area contributed by atoms with Crippen LogP contribution in [0, 0.1) is 0 Å². The maximum Gasteiger partial charge on any atom is 0.336 e. The fourth-order valence-electron chi connectivity index (χ4n) is 4.26. The lowest BCUT2D eigenvalue weighted by molar-refractivity contribution is 0.0699. The average molecular weight is 445 g/mol. The molecule has 3 aromatic rings. The van der Waals surface area contributed by atoms with Crippen molar-refractivity contribution in [2.24, 2.45) is 0 Å². The van der Waals surface area contributed by atoms with Gasteiger partial charge in [0, 0.05) is 36.2 Å². The summed E-state index contributed by atoms with van der Waals surface area (Å²) in [5.74, 6) is 1.57. The molecule has 7 heteroatoms. The van der Waals surface area contributed by atoms with Crippen LogP contribution in [-0.4, -0.2) is 51.5 Å². The molecule has 1 aromatic heterocycles. The van der Waals surface area contributed by atoms with Gasteiger partial charge in [0.15, 0.2) is 0 Å². The molecule has 1 aliphatic rings. The van der Waals surface area contributed by atoms with Gasteiger partial charge in [-0.2, -0.15) is 11.8 Å². The van der Waals surface area contributed by atoms with E-state index in [1.807, 2.05) is 30.1 Å². The maximum absolute atomic E-state index is 11.6. The molecule has 5 nitrogen and oxygen atoms in total. The smallest absolute Gasteiger partial charge is 0.336 e. The number of nitrogens with zero attached hydrogens (tertiary/aromatic N) is 1. The van der Waals surface area contributed by atoms with E-state index < -0.39 is 5.97 Å². The Kier molecular flexibility index (Phi) is 6.56. The van der Waals surface area contributed by atoms with Crippen molar-refractivity contribution in [2.75, 3.05) is 25.4 Å². The second-order valence-electron chi connectivity index (χ2n) is 7.75. The first kappa shape index (κ1) is 21.1. The molecule has 0 bridgehead atoms. The highest BCUT2D eigenvalue weighted by atomic mass is 35.5. The molecule has 30 heavy (non-hydrogen) atoms. The molecule has 0 saturated carbocycles. The number of phenols is 1.